The second-order valence-electron chi connectivity index (χ2n) is 6.13. The highest BCUT2D eigenvalue weighted by atomic mass is 16.5. The number of amides is 1. The minimum Gasteiger partial charge on any atom is -0.491 e. The average molecular weight is 337 g/mol. The lowest BCUT2D eigenvalue weighted by molar-refractivity contribution is -0.130. The summed E-state index contributed by atoms with van der Waals surface area (Å²) in [4.78, 5) is 21.7. The van der Waals surface area contributed by atoms with Gasteiger partial charge in [0, 0.05) is 19.9 Å². The van der Waals surface area contributed by atoms with Gasteiger partial charge in [0.2, 0.25) is 5.91 Å². The largest absolute Gasteiger partial charge is 0.491 e. The summed E-state index contributed by atoms with van der Waals surface area (Å²) in [6, 6.07) is 15.8. The highest BCUT2D eigenvalue weighted by Crippen LogP contribution is 2.16. The number of benzene rings is 2. The number of hydrogen-bond acceptors (Lipinski definition) is 3. The third-order valence-electron chi connectivity index (χ3n) is 4.22. The Morgan fingerprint density at radius 3 is 2.72 bits per heavy atom. The van der Waals surface area contributed by atoms with Crippen LogP contribution in [-0.2, 0) is 11.2 Å². The van der Waals surface area contributed by atoms with Gasteiger partial charge >= 0.3 is 0 Å². The zero-order valence-corrected chi connectivity index (χ0v) is 14.7. The van der Waals surface area contributed by atoms with Gasteiger partial charge < -0.3 is 14.6 Å². The molecule has 0 fully saturated rings. The number of rotatable bonds is 7. The fourth-order valence-electron chi connectivity index (χ4n) is 2.68. The Hall–Kier alpha value is -2.82. The quantitative estimate of drug-likeness (QED) is 0.719. The van der Waals surface area contributed by atoms with Crippen molar-refractivity contribution < 1.29 is 9.53 Å². The third kappa shape index (κ3) is 4.38. The van der Waals surface area contributed by atoms with Crippen LogP contribution in [0.5, 0.6) is 5.75 Å². The molecule has 5 nitrogen and oxygen atoms in total. The van der Waals surface area contributed by atoms with Crippen molar-refractivity contribution in [2.75, 3.05) is 20.2 Å². The number of nitrogens with zero attached hydrogens (tertiary/aromatic N) is 2. The van der Waals surface area contributed by atoms with Crippen LogP contribution in [0.4, 0.5) is 0 Å². The number of nitrogens with one attached hydrogen (secondary N) is 1. The lowest BCUT2D eigenvalue weighted by Crippen LogP contribution is -2.31. The van der Waals surface area contributed by atoms with Gasteiger partial charge in [0.15, 0.2) is 0 Å². The van der Waals surface area contributed by atoms with Crippen molar-refractivity contribution in [2.45, 2.75) is 19.8 Å². The minimum absolute atomic E-state index is 0.0915. The molecule has 5 heteroatoms. The minimum atomic E-state index is 0.0915. The first kappa shape index (κ1) is 17.0. The summed E-state index contributed by atoms with van der Waals surface area (Å²) < 4.78 is 5.75. The molecule has 1 aromatic heterocycles. The van der Waals surface area contributed by atoms with Gasteiger partial charge in [0.05, 0.1) is 17.6 Å². The number of likely N-dealkylation sites (N-methyl/N-ethyl adjacent to an activating group) is 1. The number of para-hydroxylation sites is 3. The predicted molar refractivity (Wildman–Crippen MR) is 98.7 cm³/mol. The van der Waals surface area contributed by atoms with E-state index in [1.54, 1.807) is 4.90 Å². The first-order valence-electron chi connectivity index (χ1n) is 8.49. The topological polar surface area (TPSA) is 58.2 Å². The molecule has 0 radical (unpaired) electrons. The monoisotopic (exact) mass is 337 g/mol. The Balaban J connectivity index is 1.45. The number of imidazole rings is 1. The standard InChI is InChI=1S/C20H23N3O2/c1-15-7-3-6-10-18(15)25-14-13-23(2)20(24)12-11-19-21-16-8-4-5-9-17(16)22-19/h3-10H,11-14H2,1-2H3,(H,21,22). The maximum absolute atomic E-state index is 12.3. The normalized spacial score (nSPS) is 10.8. The van der Waals surface area contributed by atoms with Crippen LogP contribution in [0.15, 0.2) is 48.5 Å². The van der Waals surface area contributed by atoms with E-state index in [4.69, 9.17) is 4.74 Å². The maximum Gasteiger partial charge on any atom is 0.222 e. The van der Waals surface area contributed by atoms with E-state index in [0.29, 0.717) is 26.0 Å². The summed E-state index contributed by atoms with van der Waals surface area (Å²) in [5.41, 5.74) is 3.04. The molecule has 0 atom stereocenters. The van der Waals surface area contributed by atoms with Gasteiger partial charge in [-0.3, -0.25) is 4.79 Å². The lowest BCUT2D eigenvalue weighted by atomic mass is 10.2. The van der Waals surface area contributed by atoms with Gasteiger partial charge in [0.25, 0.3) is 0 Å². The molecule has 0 aliphatic heterocycles. The van der Waals surface area contributed by atoms with Crippen molar-refractivity contribution in [1.82, 2.24) is 14.9 Å². The van der Waals surface area contributed by atoms with Gasteiger partial charge in [-0.05, 0) is 30.7 Å². The number of ether oxygens (including phenoxy) is 1. The first-order chi connectivity index (χ1) is 12.1. The molecule has 3 aromatic rings. The molecule has 1 amide bonds. The summed E-state index contributed by atoms with van der Waals surface area (Å²) in [7, 11) is 1.81. The van der Waals surface area contributed by atoms with Crippen molar-refractivity contribution in [3.05, 3.63) is 59.9 Å². The van der Waals surface area contributed by atoms with E-state index in [0.717, 1.165) is 28.2 Å². The number of fused-ring (bicyclic) bond motifs is 1. The Morgan fingerprint density at radius 2 is 1.92 bits per heavy atom. The van der Waals surface area contributed by atoms with E-state index in [1.807, 2.05) is 62.5 Å². The van der Waals surface area contributed by atoms with Gasteiger partial charge in [-0.2, -0.15) is 0 Å². The Kier molecular flexibility index (Phi) is 5.33. The molecule has 0 saturated carbocycles. The zero-order valence-electron chi connectivity index (χ0n) is 14.7. The fourth-order valence-corrected chi connectivity index (χ4v) is 2.68. The number of carbonyl (C=O) groups is 1. The molecule has 1 N–H and O–H groups in total. The van der Waals surface area contributed by atoms with Gasteiger partial charge in [-0.25, -0.2) is 4.98 Å². The Labute approximate surface area is 147 Å². The molecule has 0 spiro atoms. The molecule has 25 heavy (non-hydrogen) atoms. The molecule has 130 valence electrons. The number of aromatic nitrogens is 2. The molecule has 2 aromatic carbocycles. The van der Waals surface area contributed by atoms with E-state index in [2.05, 4.69) is 9.97 Å². The van der Waals surface area contributed by atoms with Crippen LogP contribution in [0.1, 0.15) is 17.8 Å². The number of carbonyl (C=O) groups excluding carboxylic acids is 1. The molecule has 0 saturated heterocycles. The number of aryl methyl sites for hydroxylation is 2. The van der Waals surface area contributed by atoms with Crippen LogP contribution in [0.2, 0.25) is 0 Å². The molecular formula is C20H23N3O2. The summed E-state index contributed by atoms with van der Waals surface area (Å²) in [5, 5.41) is 0. The predicted octanol–water partition coefficient (Wildman–Crippen LogP) is 3.34. The highest BCUT2D eigenvalue weighted by molar-refractivity contribution is 5.77. The van der Waals surface area contributed by atoms with Gasteiger partial charge in [-0.1, -0.05) is 30.3 Å². The van der Waals surface area contributed by atoms with Gasteiger partial charge in [-0.15, -0.1) is 0 Å². The van der Waals surface area contributed by atoms with Crippen LogP contribution in [0.25, 0.3) is 11.0 Å². The number of hydrogen-bond donors (Lipinski definition) is 1. The van der Waals surface area contributed by atoms with Crippen molar-refractivity contribution >= 4 is 16.9 Å². The van der Waals surface area contributed by atoms with Crippen LogP contribution in [0, 0.1) is 6.92 Å². The zero-order chi connectivity index (χ0) is 17.6. The summed E-state index contributed by atoms with van der Waals surface area (Å²) in [6.07, 6.45) is 1.04. The Morgan fingerprint density at radius 1 is 1.16 bits per heavy atom. The molecular weight excluding hydrogens is 314 g/mol. The molecule has 0 aliphatic rings. The SMILES string of the molecule is Cc1ccccc1OCCN(C)C(=O)CCc1nc2ccccc2[nH]1. The summed E-state index contributed by atoms with van der Waals surface area (Å²) >= 11 is 0. The van der Waals surface area contributed by atoms with Crippen molar-refractivity contribution in [1.29, 1.82) is 0 Å². The first-order valence-corrected chi connectivity index (χ1v) is 8.49. The molecule has 0 aliphatic carbocycles. The van der Waals surface area contributed by atoms with E-state index in [1.165, 1.54) is 0 Å². The van der Waals surface area contributed by atoms with E-state index in [9.17, 15) is 4.79 Å². The smallest absolute Gasteiger partial charge is 0.222 e. The van der Waals surface area contributed by atoms with Crippen LogP contribution in [-0.4, -0.2) is 41.0 Å². The number of H-pyrrole nitrogens is 1. The third-order valence-corrected chi connectivity index (χ3v) is 4.22. The summed E-state index contributed by atoms with van der Waals surface area (Å²) in [5.74, 6) is 1.80. The van der Waals surface area contributed by atoms with Crippen LogP contribution >= 0.6 is 0 Å². The van der Waals surface area contributed by atoms with Gasteiger partial charge in [0.1, 0.15) is 18.2 Å². The second-order valence-corrected chi connectivity index (χ2v) is 6.13. The Bertz CT molecular complexity index is 824. The van der Waals surface area contributed by atoms with Crippen LogP contribution < -0.4 is 4.74 Å². The molecule has 1 heterocycles. The van der Waals surface area contributed by atoms with Crippen molar-refractivity contribution in [2.24, 2.45) is 0 Å². The van der Waals surface area contributed by atoms with E-state index in [-0.39, 0.29) is 5.91 Å². The van der Waals surface area contributed by atoms with E-state index < -0.39 is 0 Å². The highest BCUT2D eigenvalue weighted by Gasteiger charge is 2.11. The second kappa shape index (κ2) is 7.83. The molecule has 3 rings (SSSR count). The van der Waals surface area contributed by atoms with Crippen LogP contribution in [0.3, 0.4) is 0 Å². The molecule has 0 bridgehead atoms. The number of aromatic amines is 1. The summed E-state index contributed by atoms with van der Waals surface area (Å²) in [6.45, 7) is 3.06. The van der Waals surface area contributed by atoms with Crippen molar-refractivity contribution in [3.63, 3.8) is 0 Å². The van der Waals surface area contributed by atoms with E-state index >= 15 is 0 Å². The lowest BCUT2D eigenvalue weighted by Gasteiger charge is -2.17. The van der Waals surface area contributed by atoms with Crippen molar-refractivity contribution in [3.8, 4) is 5.75 Å². The average Bonchev–Trinajstić information content (AvgIpc) is 3.04. The fraction of sp³-hybridized carbons (Fsp3) is 0.300. The maximum atomic E-state index is 12.3. The molecule has 0 unspecified atom stereocenters.